The maximum atomic E-state index is 5.73. The number of thioether (sulfide) groups is 1. The Hall–Kier alpha value is -1.94. The Morgan fingerprint density at radius 2 is 2.05 bits per heavy atom. The number of oxazole rings is 1. The van der Waals surface area contributed by atoms with Crippen LogP contribution in [0.5, 0.6) is 0 Å². The van der Waals surface area contributed by atoms with Gasteiger partial charge in [-0.1, -0.05) is 18.2 Å². The lowest BCUT2D eigenvalue weighted by atomic mass is 10.2. The van der Waals surface area contributed by atoms with Crippen LogP contribution in [-0.4, -0.2) is 4.98 Å². The Labute approximate surface area is 115 Å². The molecule has 1 heterocycles. The minimum atomic E-state index is 0.696. The maximum Gasteiger partial charge on any atom is 0.205 e. The number of benzene rings is 2. The zero-order chi connectivity index (χ0) is 13.2. The molecular weight excluding hydrogens is 256 g/mol. The summed E-state index contributed by atoms with van der Waals surface area (Å²) >= 11 is 1.73. The molecule has 3 rings (SSSR count). The number of rotatable bonds is 3. The van der Waals surface area contributed by atoms with Crippen LogP contribution in [0.15, 0.2) is 51.8 Å². The minimum absolute atomic E-state index is 0.696. The molecule has 0 saturated heterocycles. The number of nitrogens with two attached hydrogens (primary N) is 1. The summed E-state index contributed by atoms with van der Waals surface area (Å²) in [6, 6.07) is 13.8. The van der Waals surface area contributed by atoms with E-state index < -0.39 is 0 Å². The molecule has 0 radical (unpaired) electrons. The SMILES string of the molecule is Cc1ccccc1SCc1nc2ccc(N)cc2o1. The van der Waals surface area contributed by atoms with Crippen molar-refractivity contribution < 1.29 is 4.42 Å². The van der Waals surface area contributed by atoms with E-state index >= 15 is 0 Å². The van der Waals surface area contributed by atoms with Crippen molar-refractivity contribution >= 4 is 28.5 Å². The van der Waals surface area contributed by atoms with Gasteiger partial charge in [0.05, 0.1) is 5.75 Å². The zero-order valence-corrected chi connectivity index (χ0v) is 11.4. The molecule has 0 spiro atoms. The van der Waals surface area contributed by atoms with E-state index in [2.05, 4.69) is 24.0 Å². The topological polar surface area (TPSA) is 52.0 Å². The van der Waals surface area contributed by atoms with Crippen LogP contribution in [0.25, 0.3) is 11.1 Å². The molecule has 0 saturated carbocycles. The normalized spacial score (nSPS) is 11.0. The van der Waals surface area contributed by atoms with Gasteiger partial charge in [-0.2, -0.15) is 0 Å². The second kappa shape index (κ2) is 4.97. The number of nitrogens with zero attached hydrogens (tertiary/aromatic N) is 1. The van der Waals surface area contributed by atoms with Gasteiger partial charge < -0.3 is 10.2 Å². The Morgan fingerprint density at radius 3 is 2.89 bits per heavy atom. The first kappa shape index (κ1) is 12.1. The molecule has 3 nitrogen and oxygen atoms in total. The van der Waals surface area contributed by atoms with E-state index in [1.165, 1.54) is 10.5 Å². The standard InChI is InChI=1S/C15H14N2OS/c1-10-4-2-3-5-14(10)19-9-15-17-12-7-6-11(16)8-13(12)18-15/h2-8H,9,16H2,1H3. The second-order valence-corrected chi connectivity index (χ2v) is 5.41. The predicted octanol–water partition coefficient (Wildman–Crippen LogP) is 4.01. The first-order valence-electron chi connectivity index (χ1n) is 6.06. The molecule has 0 amide bonds. The lowest BCUT2D eigenvalue weighted by Crippen LogP contribution is -1.82. The molecule has 0 aliphatic carbocycles. The highest BCUT2D eigenvalue weighted by molar-refractivity contribution is 7.98. The van der Waals surface area contributed by atoms with Crippen LogP contribution in [0.3, 0.4) is 0 Å². The van der Waals surface area contributed by atoms with E-state index in [4.69, 9.17) is 10.2 Å². The van der Waals surface area contributed by atoms with Crippen molar-refractivity contribution in [1.82, 2.24) is 4.98 Å². The zero-order valence-electron chi connectivity index (χ0n) is 10.6. The van der Waals surface area contributed by atoms with Crippen LogP contribution < -0.4 is 5.73 Å². The summed E-state index contributed by atoms with van der Waals surface area (Å²) in [5.41, 5.74) is 9.30. The molecular formula is C15H14N2OS. The third kappa shape index (κ3) is 2.58. The molecule has 2 aromatic carbocycles. The van der Waals surface area contributed by atoms with Gasteiger partial charge >= 0.3 is 0 Å². The van der Waals surface area contributed by atoms with Crippen molar-refractivity contribution in [2.24, 2.45) is 0 Å². The lowest BCUT2D eigenvalue weighted by Gasteiger charge is -2.02. The highest BCUT2D eigenvalue weighted by Gasteiger charge is 2.07. The van der Waals surface area contributed by atoms with Crippen molar-refractivity contribution in [2.45, 2.75) is 17.6 Å². The first-order chi connectivity index (χ1) is 9.22. The fourth-order valence-corrected chi connectivity index (χ4v) is 2.78. The monoisotopic (exact) mass is 270 g/mol. The molecule has 1 aromatic heterocycles. The molecule has 0 aliphatic heterocycles. The fourth-order valence-electron chi connectivity index (χ4n) is 1.91. The summed E-state index contributed by atoms with van der Waals surface area (Å²) in [6.07, 6.45) is 0. The van der Waals surface area contributed by atoms with Gasteiger partial charge in [-0.15, -0.1) is 11.8 Å². The first-order valence-corrected chi connectivity index (χ1v) is 7.04. The number of hydrogen-bond donors (Lipinski definition) is 1. The molecule has 0 aliphatic rings. The average Bonchev–Trinajstić information content (AvgIpc) is 2.79. The predicted molar refractivity (Wildman–Crippen MR) is 79.2 cm³/mol. The minimum Gasteiger partial charge on any atom is -0.440 e. The summed E-state index contributed by atoms with van der Waals surface area (Å²) in [6.45, 7) is 2.11. The summed E-state index contributed by atoms with van der Waals surface area (Å²) in [5, 5.41) is 0. The Kier molecular flexibility index (Phi) is 3.17. The van der Waals surface area contributed by atoms with Gasteiger partial charge in [-0.3, -0.25) is 0 Å². The van der Waals surface area contributed by atoms with Crippen molar-refractivity contribution in [3.63, 3.8) is 0 Å². The molecule has 0 atom stereocenters. The van der Waals surface area contributed by atoms with E-state index in [1.54, 1.807) is 11.8 Å². The van der Waals surface area contributed by atoms with Gasteiger partial charge in [0.1, 0.15) is 5.52 Å². The summed E-state index contributed by atoms with van der Waals surface area (Å²) < 4.78 is 5.70. The van der Waals surface area contributed by atoms with Crippen LogP contribution in [-0.2, 0) is 5.75 Å². The van der Waals surface area contributed by atoms with Crippen molar-refractivity contribution in [3.05, 3.63) is 53.9 Å². The van der Waals surface area contributed by atoms with Crippen LogP contribution in [0.2, 0.25) is 0 Å². The number of hydrogen-bond acceptors (Lipinski definition) is 4. The summed E-state index contributed by atoms with van der Waals surface area (Å²) in [4.78, 5) is 5.71. The third-order valence-electron chi connectivity index (χ3n) is 2.90. The molecule has 96 valence electrons. The van der Waals surface area contributed by atoms with Crippen molar-refractivity contribution in [1.29, 1.82) is 0 Å². The van der Waals surface area contributed by atoms with Gasteiger partial charge in [0.25, 0.3) is 0 Å². The average molecular weight is 270 g/mol. The van der Waals surface area contributed by atoms with Crippen LogP contribution in [0.4, 0.5) is 5.69 Å². The van der Waals surface area contributed by atoms with Gasteiger partial charge in [0.15, 0.2) is 5.58 Å². The molecule has 2 N–H and O–H groups in total. The molecule has 19 heavy (non-hydrogen) atoms. The molecule has 4 heteroatoms. The highest BCUT2D eigenvalue weighted by Crippen LogP contribution is 2.27. The number of nitrogen functional groups attached to an aromatic ring is 1. The van der Waals surface area contributed by atoms with Gasteiger partial charge in [0.2, 0.25) is 5.89 Å². The van der Waals surface area contributed by atoms with Crippen molar-refractivity contribution in [3.8, 4) is 0 Å². The molecule has 3 aromatic rings. The summed E-state index contributed by atoms with van der Waals surface area (Å²) in [5.74, 6) is 1.45. The maximum absolute atomic E-state index is 5.73. The summed E-state index contributed by atoms with van der Waals surface area (Å²) in [7, 11) is 0. The largest absolute Gasteiger partial charge is 0.440 e. The van der Waals surface area contributed by atoms with E-state index in [-0.39, 0.29) is 0 Å². The van der Waals surface area contributed by atoms with E-state index in [0.29, 0.717) is 5.69 Å². The lowest BCUT2D eigenvalue weighted by molar-refractivity contribution is 0.556. The third-order valence-corrected chi connectivity index (χ3v) is 4.06. The quantitative estimate of drug-likeness (QED) is 0.577. The fraction of sp³-hybridized carbons (Fsp3) is 0.133. The smallest absolute Gasteiger partial charge is 0.205 e. The van der Waals surface area contributed by atoms with Crippen LogP contribution >= 0.6 is 11.8 Å². The Balaban J connectivity index is 1.80. The molecule has 0 unspecified atom stereocenters. The number of aryl methyl sites for hydroxylation is 1. The van der Waals surface area contributed by atoms with E-state index in [9.17, 15) is 0 Å². The Bertz CT molecular complexity index is 721. The van der Waals surface area contributed by atoms with Crippen LogP contribution in [0.1, 0.15) is 11.5 Å². The highest BCUT2D eigenvalue weighted by atomic mass is 32.2. The number of aromatic nitrogens is 1. The molecule has 0 bridgehead atoms. The van der Waals surface area contributed by atoms with Crippen LogP contribution in [0, 0.1) is 6.92 Å². The second-order valence-electron chi connectivity index (χ2n) is 4.39. The van der Waals surface area contributed by atoms with Crippen molar-refractivity contribution in [2.75, 3.05) is 5.73 Å². The van der Waals surface area contributed by atoms with Gasteiger partial charge in [-0.05, 0) is 30.7 Å². The van der Waals surface area contributed by atoms with Gasteiger partial charge in [-0.25, -0.2) is 4.98 Å². The van der Waals surface area contributed by atoms with E-state index in [1.807, 2.05) is 30.3 Å². The number of fused-ring (bicyclic) bond motifs is 1. The van der Waals surface area contributed by atoms with Gasteiger partial charge in [0, 0.05) is 16.6 Å². The molecule has 0 fully saturated rings. The van der Waals surface area contributed by atoms with E-state index in [0.717, 1.165) is 22.7 Å². The number of anilines is 1. The Morgan fingerprint density at radius 1 is 1.21 bits per heavy atom.